The Balaban J connectivity index is 2.68. The maximum atomic E-state index is 11.7. The Labute approximate surface area is 112 Å². The summed E-state index contributed by atoms with van der Waals surface area (Å²) in [6, 6.07) is 5.78. The van der Waals surface area contributed by atoms with Crippen LogP contribution in [-0.2, 0) is 0 Å². The molecular weight excluding hydrogens is 369 g/mol. The summed E-state index contributed by atoms with van der Waals surface area (Å²) in [4.78, 5) is 11.7. The van der Waals surface area contributed by atoms with Gasteiger partial charge in [0.25, 0.3) is 5.91 Å². The number of carbonyl (C=O) groups is 1. The van der Waals surface area contributed by atoms with Gasteiger partial charge < -0.3 is 5.32 Å². The van der Waals surface area contributed by atoms with Crippen molar-refractivity contribution in [2.24, 2.45) is 0 Å². The highest BCUT2D eigenvalue weighted by Crippen LogP contribution is 2.17. The molecule has 1 N–H and O–H groups in total. The Kier molecular flexibility index (Phi) is 5.60. The third kappa shape index (κ3) is 4.10. The molecule has 1 aromatic carbocycles. The van der Waals surface area contributed by atoms with Crippen molar-refractivity contribution in [2.45, 2.75) is 13.3 Å². The summed E-state index contributed by atoms with van der Waals surface area (Å²) in [5, 5.41) is 2.89. The van der Waals surface area contributed by atoms with Crippen LogP contribution in [0.25, 0.3) is 0 Å². The fraction of sp³-hybridized carbons (Fsp3) is 0.364. The standard InChI is InChI=1S/C11H13BrINO/c1-8-3-4-10(12)9(7-8)11(15)14-6-2-5-13/h3-4,7H,2,5-6H2,1H3,(H,14,15). The van der Waals surface area contributed by atoms with Gasteiger partial charge in [-0.3, -0.25) is 4.79 Å². The molecule has 0 saturated heterocycles. The molecule has 0 aromatic heterocycles. The molecule has 82 valence electrons. The minimum Gasteiger partial charge on any atom is -0.352 e. The zero-order valence-electron chi connectivity index (χ0n) is 8.52. The fourth-order valence-electron chi connectivity index (χ4n) is 1.18. The zero-order chi connectivity index (χ0) is 11.3. The molecule has 15 heavy (non-hydrogen) atoms. The average Bonchev–Trinajstić information content (AvgIpc) is 2.22. The van der Waals surface area contributed by atoms with E-state index in [0.717, 1.165) is 27.4 Å². The van der Waals surface area contributed by atoms with Crippen LogP contribution >= 0.6 is 38.5 Å². The minimum absolute atomic E-state index is 0.00424. The summed E-state index contributed by atoms with van der Waals surface area (Å²) in [6.07, 6.45) is 1.01. The molecule has 0 saturated carbocycles. The van der Waals surface area contributed by atoms with Gasteiger partial charge >= 0.3 is 0 Å². The highest BCUT2D eigenvalue weighted by molar-refractivity contribution is 14.1. The number of hydrogen-bond donors (Lipinski definition) is 1. The van der Waals surface area contributed by atoms with Gasteiger partial charge in [0.2, 0.25) is 0 Å². The van der Waals surface area contributed by atoms with Crippen LogP contribution in [-0.4, -0.2) is 16.9 Å². The first-order chi connectivity index (χ1) is 7.15. The van der Waals surface area contributed by atoms with Crippen LogP contribution in [0.4, 0.5) is 0 Å². The van der Waals surface area contributed by atoms with E-state index < -0.39 is 0 Å². The first-order valence-corrected chi connectivity index (χ1v) is 7.07. The maximum Gasteiger partial charge on any atom is 0.252 e. The third-order valence-corrected chi connectivity index (χ3v) is 3.42. The van der Waals surface area contributed by atoms with Crippen LogP contribution in [0.1, 0.15) is 22.3 Å². The molecule has 0 fully saturated rings. The molecule has 1 amide bonds. The summed E-state index contributed by atoms with van der Waals surface area (Å²) in [5.41, 5.74) is 1.81. The van der Waals surface area contributed by atoms with E-state index in [1.165, 1.54) is 0 Å². The number of benzene rings is 1. The first kappa shape index (κ1) is 13.0. The smallest absolute Gasteiger partial charge is 0.252 e. The number of amides is 1. The summed E-state index contributed by atoms with van der Waals surface area (Å²) in [7, 11) is 0. The molecule has 0 unspecified atom stereocenters. The van der Waals surface area contributed by atoms with E-state index in [1.807, 2.05) is 25.1 Å². The van der Waals surface area contributed by atoms with E-state index in [-0.39, 0.29) is 5.91 Å². The van der Waals surface area contributed by atoms with E-state index in [1.54, 1.807) is 0 Å². The minimum atomic E-state index is -0.00424. The van der Waals surface area contributed by atoms with Gasteiger partial charge in [0, 0.05) is 15.4 Å². The molecule has 2 nitrogen and oxygen atoms in total. The molecule has 0 radical (unpaired) electrons. The van der Waals surface area contributed by atoms with Crippen LogP contribution in [0.15, 0.2) is 22.7 Å². The number of rotatable bonds is 4. The number of aryl methyl sites for hydroxylation is 1. The molecule has 1 rings (SSSR count). The Bertz CT molecular complexity index is 354. The second kappa shape index (κ2) is 6.48. The van der Waals surface area contributed by atoms with E-state index in [2.05, 4.69) is 43.8 Å². The van der Waals surface area contributed by atoms with Crippen LogP contribution in [0.5, 0.6) is 0 Å². The Morgan fingerprint density at radius 3 is 2.93 bits per heavy atom. The Hall–Kier alpha value is -0.100. The van der Waals surface area contributed by atoms with Gasteiger partial charge in [-0.1, -0.05) is 34.2 Å². The molecule has 4 heteroatoms. The molecule has 0 bridgehead atoms. The number of halogens is 2. The second-order valence-electron chi connectivity index (χ2n) is 3.28. The monoisotopic (exact) mass is 381 g/mol. The Morgan fingerprint density at radius 1 is 1.53 bits per heavy atom. The largest absolute Gasteiger partial charge is 0.352 e. The lowest BCUT2D eigenvalue weighted by Crippen LogP contribution is -2.25. The van der Waals surface area contributed by atoms with Crippen LogP contribution in [0, 0.1) is 6.92 Å². The molecule has 0 aliphatic rings. The van der Waals surface area contributed by atoms with Gasteiger partial charge in [0.1, 0.15) is 0 Å². The van der Waals surface area contributed by atoms with Crippen molar-refractivity contribution in [3.8, 4) is 0 Å². The van der Waals surface area contributed by atoms with Crippen molar-refractivity contribution >= 4 is 44.4 Å². The highest BCUT2D eigenvalue weighted by atomic mass is 127. The lowest BCUT2D eigenvalue weighted by atomic mass is 10.1. The fourth-order valence-corrected chi connectivity index (χ4v) is 1.99. The lowest BCUT2D eigenvalue weighted by Gasteiger charge is -2.06. The van der Waals surface area contributed by atoms with Gasteiger partial charge in [-0.2, -0.15) is 0 Å². The summed E-state index contributed by atoms with van der Waals surface area (Å²) in [5.74, 6) is -0.00424. The molecule has 1 aromatic rings. The summed E-state index contributed by atoms with van der Waals surface area (Å²) >= 11 is 5.68. The zero-order valence-corrected chi connectivity index (χ0v) is 12.3. The SMILES string of the molecule is Cc1ccc(Br)c(C(=O)NCCCI)c1. The molecule has 0 aliphatic heterocycles. The maximum absolute atomic E-state index is 11.7. The predicted molar refractivity (Wildman–Crippen MR) is 74.7 cm³/mol. The molecule has 0 atom stereocenters. The normalized spacial score (nSPS) is 10.1. The second-order valence-corrected chi connectivity index (χ2v) is 5.21. The first-order valence-electron chi connectivity index (χ1n) is 4.75. The van der Waals surface area contributed by atoms with E-state index >= 15 is 0 Å². The number of carbonyl (C=O) groups excluding carboxylic acids is 1. The van der Waals surface area contributed by atoms with Gasteiger partial charge in [0.15, 0.2) is 0 Å². The number of alkyl halides is 1. The van der Waals surface area contributed by atoms with Crippen molar-refractivity contribution in [2.75, 3.05) is 11.0 Å². The van der Waals surface area contributed by atoms with E-state index in [9.17, 15) is 4.79 Å². The van der Waals surface area contributed by atoms with Crippen molar-refractivity contribution in [1.29, 1.82) is 0 Å². The van der Waals surface area contributed by atoms with Crippen molar-refractivity contribution in [3.05, 3.63) is 33.8 Å². The van der Waals surface area contributed by atoms with Crippen molar-refractivity contribution in [1.82, 2.24) is 5.32 Å². The van der Waals surface area contributed by atoms with E-state index in [4.69, 9.17) is 0 Å². The summed E-state index contributed by atoms with van der Waals surface area (Å²) < 4.78 is 1.91. The van der Waals surface area contributed by atoms with Crippen molar-refractivity contribution in [3.63, 3.8) is 0 Å². The van der Waals surface area contributed by atoms with Gasteiger partial charge in [-0.15, -0.1) is 0 Å². The van der Waals surface area contributed by atoms with Crippen LogP contribution < -0.4 is 5.32 Å². The molecule has 0 spiro atoms. The highest BCUT2D eigenvalue weighted by Gasteiger charge is 2.08. The van der Waals surface area contributed by atoms with Gasteiger partial charge in [-0.25, -0.2) is 0 Å². The Morgan fingerprint density at radius 2 is 2.27 bits per heavy atom. The number of hydrogen-bond acceptors (Lipinski definition) is 1. The molecular formula is C11H13BrINO. The lowest BCUT2D eigenvalue weighted by molar-refractivity contribution is 0.0953. The third-order valence-electron chi connectivity index (χ3n) is 1.96. The average molecular weight is 382 g/mol. The summed E-state index contributed by atoms with van der Waals surface area (Å²) in [6.45, 7) is 2.72. The van der Waals surface area contributed by atoms with Crippen LogP contribution in [0.2, 0.25) is 0 Å². The quantitative estimate of drug-likeness (QED) is 0.484. The predicted octanol–water partition coefficient (Wildman–Crippen LogP) is 3.31. The van der Waals surface area contributed by atoms with Gasteiger partial charge in [-0.05, 0) is 41.4 Å². The molecule has 0 heterocycles. The molecule has 0 aliphatic carbocycles. The van der Waals surface area contributed by atoms with Gasteiger partial charge in [0.05, 0.1) is 5.56 Å². The van der Waals surface area contributed by atoms with Crippen molar-refractivity contribution < 1.29 is 4.79 Å². The number of nitrogens with one attached hydrogen (secondary N) is 1. The topological polar surface area (TPSA) is 29.1 Å². The van der Waals surface area contributed by atoms with E-state index in [0.29, 0.717) is 5.56 Å². The van der Waals surface area contributed by atoms with Crippen LogP contribution in [0.3, 0.4) is 0 Å².